The summed E-state index contributed by atoms with van der Waals surface area (Å²) in [7, 11) is 0. The average Bonchev–Trinajstić information content (AvgIpc) is 3.09. The van der Waals surface area contributed by atoms with E-state index in [4.69, 9.17) is 16.0 Å². The fourth-order valence-electron chi connectivity index (χ4n) is 2.31. The van der Waals surface area contributed by atoms with Crippen LogP contribution in [0.2, 0.25) is 5.02 Å². The van der Waals surface area contributed by atoms with E-state index in [0.717, 1.165) is 5.56 Å². The van der Waals surface area contributed by atoms with Gasteiger partial charge in [0.15, 0.2) is 5.76 Å². The minimum atomic E-state index is -0.484. The van der Waals surface area contributed by atoms with Crippen LogP contribution >= 0.6 is 11.6 Å². The van der Waals surface area contributed by atoms with E-state index >= 15 is 0 Å². The first-order valence-corrected chi connectivity index (χ1v) is 7.74. The molecule has 1 amide bonds. The molecule has 7 heteroatoms. The molecular formula is C18H13ClN2O4. The summed E-state index contributed by atoms with van der Waals surface area (Å²) in [5.74, 6) is 0.0413. The predicted octanol–water partition coefficient (Wildman–Crippen LogP) is 5.07. The smallest absolute Gasteiger partial charge is 0.291 e. The SMILES string of the molecule is Cc1c(Cl)cccc1NC(=O)c1ccc(-c2cccc([N+](=O)[O-])c2)o1. The minimum absolute atomic E-state index is 0.0468. The third kappa shape index (κ3) is 3.54. The van der Waals surface area contributed by atoms with Crippen molar-refractivity contribution in [2.45, 2.75) is 6.92 Å². The lowest BCUT2D eigenvalue weighted by atomic mass is 10.1. The number of anilines is 1. The van der Waals surface area contributed by atoms with E-state index in [1.165, 1.54) is 18.2 Å². The van der Waals surface area contributed by atoms with E-state index in [1.807, 2.05) is 0 Å². The van der Waals surface area contributed by atoms with E-state index in [1.54, 1.807) is 43.3 Å². The van der Waals surface area contributed by atoms with Gasteiger partial charge in [0.25, 0.3) is 11.6 Å². The Morgan fingerprint density at radius 2 is 1.92 bits per heavy atom. The van der Waals surface area contributed by atoms with Crippen LogP contribution in [0, 0.1) is 17.0 Å². The van der Waals surface area contributed by atoms with E-state index in [2.05, 4.69) is 5.32 Å². The van der Waals surface area contributed by atoms with Crippen molar-refractivity contribution in [3.05, 3.63) is 81.1 Å². The number of non-ortho nitro benzene ring substituents is 1. The standard InChI is InChI=1S/C18H13ClN2O4/c1-11-14(19)6-3-7-15(11)20-18(22)17-9-8-16(25-17)12-4-2-5-13(10-12)21(23)24/h2-10H,1H3,(H,20,22). The summed E-state index contributed by atoms with van der Waals surface area (Å²) in [5.41, 5.74) is 1.82. The van der Waals surface area contributed by atoms with E-state index < -0.39 is 10.8 Å². The van der Waals surface area contributed by atoms with Crippen molar-refractivity contribution in [2.75, 3.05) is 5.32 Å². The van der Waals surface area contributed by atoms with Crippen molar-refractivity contribution in [1.29, 1.82) is 0 Å². The lowest BCUT2D eigenvalue weighted by molar-refractivity contribution is -0.384. The van der Waals surface area contributed by atoms with Gasteiger partial charge in [-0.25, -0.2) is 0 Å². The maximum atomic E-state index is 12.3. The molecule has 3 aromatic rings. The highest BCUT2D eigenvalue weighted by Gasteiger charge is 2.15. The molecule has 25 heavy (non-hydrogen) atoms. The molecule has 1 N–H and O–H groups in total. The van der Waals surface area contributed by atoms with Crippen LogP contribution in [0.4, 0.5) is 11.4 Å². The molecule has 0 saturated heterocycles. The highest BCUT2D eigenvalue weighted by molar-refractivity contribution is 6.31. The Morgan fingerprint density at radius 1 is 1.16 bits per heavy atom. The number of nitro benzene ring substituents is 1. The fourth-order valence-corrected chi connectivity index (χ4v) is 2.49. The fraction of sp³-hybridized carbons (Fsp3) is 0.0556. The van der Waals surface area contributed by atoms with Gasteiger partial charge in [0.05, 0.1) is 4.92 Å². The molecule has 0 bridgehead atoms. The maximum Gasteiger partial charge on any atom is 0.291 e. The predicted molar refractivity (Wildman–Crippen MR) is 94.9 cm³/mol. The molecule has 0 aliphatic rings. The van der Waals surface area contributed by atoms with Gasteiger partial charge < -0.3 is 9.73 Å². The number of furan rings is 1. The minimum Gasteiger partial charge on any atom is -0.451 e. The number of carbonyl (C=O) groups excluding carboxylic acids is 1. The van der Waals surface area contributed by atoms with Gasteiger partial charge in [0, 0.05) is 28.4 Å². The van der Waals surface area contributed by atoms with E-state index in [-0.39, 0.29) is 11.4 Å². The average molecular weight is 357 g/mol. The third-order valence-electron chi connectivity index (χ3n) is 3.69. The van der Waals surface area contributed by atoms with Gasteiger partial charge in [-0.2, -0.15) is 0 Å². The molecule has 2 aromatic carbocycles. The topological polar surface area (TPSA) is 85.4 Å². The molecular weight excluding hydrogens is 344 g/mol. The summed E-state index contributed by atoms with van der Waals surface area (Å²) in [6.07, 6.45) is 0. The third-order valence-corrected chi connectivity index (χ3v) is 4.10. The van der Waals surface area contributed by atoms with Gasteiger partial charge >= 0.3 is 0 Å². The molecule has 0 saturated carbocycles. The number of halogens is 1. The van der Waals surface area contributed by atoms with E-state index in [9.17, 15) is 14.9 Å². The zero-order valence-corrected chi connectivity index (χ0v) is 13.9. The first-order valence-electron chi connectivity index (χ1n) is 7.37. The summed E-state index contributed by atoms with van der Waals surface area (Å²) in [6, 6.07) is 14.3. The summed E-state index contributed by atoms with van der Waals surface area (Å²) in [6.45, 7) is 1.80. The Hall–Kier alpha value is -3.12. The first kappa shape index (κ1) is 16.7. The van der Waals surface area contributed by atoms with Gasteiger partial charge in [-0.15, -0.1) is 0 Å². The second-order valence-electron chi connectivity index (χ2n) is 5.34. The van der Waals surface area contributed by atoms with Gasteiger partial charge in [-0.3, -0.25) is 14.9 Å². The van der Waals surface area contributed by atoms with Gasteiger partial charge in [0.2, 0.25) is 0 Å². The Balaban J connectivity index is 1.83. The second kappa shape index (κ2) is 6.78. The monoisotopic (exact) mass is 356 g/mol. The number of rotatable bonds is 4. The molecule has 3 rings (SSSR count). The van der Waals surface area contributed by atoms with Gasteiger partial charge in [-0.05, 0) is 36.8 Å². The van der Waals surface area contributed by atoms with Crippen molar-refractivity contribution >= 4 is 28.9 Å². The lowest BCUT2D eigenvalue weighted by Crippen LogP contribution is -2.11. The molecule has 1 heterocycles. The van der Waals surface area contributed by atoms with Crippen LogP contribution in [0.3, 0.4) is 0 Å². The number of amides is 1. The van der Waals surface area contributed by atoms with E-state index in [0.29, 0.717) is 22.0 Å². The number of benzene rings is 2. The molecule has 0 fully saturated rings. The highest BCUT2D eigenvalue weighted by Crippen LogP contribution is 2.27. The number of carbonyl (C=O) groups is 1. The largest absolute Gasteiger partial charge is 0.451 e. The van der Waals surface area contributed by atoms with Crippen LogP contribution in [0.5, 0.6) is 0 Å². The van der Waals surface area contributed by atoms with Gasteiger partial charge in [0.1, 0.15) is 5.76 Å². The first-order chi connectivity index (χ1) is 12.0. The van der Waals surface area contributed by atoms with Crippen molar-refractivity contribution < 1.29 is 14.1 Å². The summed E-state index contributed by atoms with van der Waals surface area (Å²) >= 11 is 6.04. The zero-order chi connectivity index (χ0) is 18.0. The quantitative estimate of drug-likeness (QED) is 0.522. The Kier molecular flexibility index (Phi) is 4.54. The normalized spacial score (nSPS) is 10.5. The van der Waals surface area contributed by atoms with Crippen molar-refractivity contribution in [3.8, 4) is 11.3 Å². The maximum absolute atomic E-state index is 12.3. The number of nitrogens with one attached hydrogen (secondary N) is 1. The Morgan fingerprint density at radius 3 is 2.68 bits per heavy atom. The van der Waals surface area contributed by atoms with Crippen LogP contribution in [-0.2, 0) is 0 Å². The van der Waals surface area contributed by atoms with Crippen LogP contribution in [0.15, 0.2) is 59.0 Å². The number of hydrogen-bond acceptors (Lipinski definition) is 4. The molecule has 0 atom stereocenters. The summed E-state index contributed by atoms with van der Waals surface area (Å²) in [5, 5.41) is 14.1. The molecule has 126 valence electrons. The second-order valence-corrected chi connectivity index (χ2v) is 5.75. The number of hydrogen-bond donors (Lipinski definition) is 1. The molecule has 0 spiro atoms. The molecule has 0 unspecified atom stereocenters. The number of nitrogens with zero attached hydrogens (tertiary/aromatic N) is 1. The van der Waals surface area contributed by atoms with Crippen molar-refractivity contribution in [1.82, 2.24) is 0 Å². The summed E-state index contributed by atoms with van der Waals surface area (Å²) < 4.78 is 5.54. The van der Waals surface area contributed by atoms with Crippen LogP contribution in [-0.4, -0.2) is 10.8 Å². The molecule has 0 aliphatic heterocycles. The Labute approximate surface area is 148 Å². The highest BCUT2D eigenvalue weighted by atomic mass is 35.5. The molecule has 0 radical (unpaired) electrons. The molecule has 0 aliphatic carbocycles. The molecule has 6 nitrogen and oxygen atoms in total. The Bertz CT molecular complexity index is 965. The van der Waals surface area contributed by atoms with Crippen molar-refractivity contribution in [2.24, 2.45) is 0 Å². The molecule has 1 aromatic heterocycles. The van der Waals surface area contributed by atoms with Crippen molar-refractivity contribution in [3.63, 3.8) is 0 Å². The lowest BCUT2D eigenvalue weighted by Gasteiger charge is -2.08. The van der Waals surface area contributed by atoms with Crippen LogP contribution in [0.25, 0.3) is 11.3 Å². The van der Waals surface area contributed by atoms with Crippen LogP contribution in [0.1, 0.15) is 16.1 Å². The van der Waals surface area contributed by atoms with Crippen LogP contribution < -0.4 is 5.32 Å². The summed E-state index contributed by atoms with van der Waals surface area (Å²) in [4.78, 5) is 22.7. The number of nitro groups is 1. The van der Waals surface area contributed by atoms with Gasteiger partial charge in [-0.1, -0.05) is 29.8 Å². The zero-order valence-electron chi connectivity index (χ0n) is 13.2.